The SMILES string of the molecule is CCNc1nnc(S(=O)C(C)c2cccc(C)c2)s1. The zero-order chi connectivity index (χ0) is 13.8. The molecule has 0 saturated carbocycles. The van der Waals surface area contributed by atoms with Crippen LogP contribution in [-0.4, -0.2) is 21.0 Å². The highest BCUT2D eigenvalue weighted by Gasteiger charge is 2.19. The molecule has 0 aliphatic heterocycles. The Morgan fingerprint density at radius 3 is 2.89 bits per heavy atom. The van der Waals surface area contributed by atoms with Crippen LogP contribution in [0.15, 0.2) is 28.6 Å². The number of anilines is 1. The molecule has 0 radical (unpaired) electrons. The van der Waals surface area contributed by atoms with Gasteiger partial charge >= 0.3 is 0 Å². The molecular weight excluding hydrogens is 278 g/mol. The van der Waals surface area contributed by atoms with Gasteiger partial charge in [-0.15, -0.1) is 10.2 Å². The fourth-order valence-corrected chi connectivity index (χ4v) is 4.07. The molecule has 4 nitrogen and oxygen atoms in total. The van der Waals surface area contributed by atoms with Gasteiger partial charge in [0.25, 0.3) is 0 Å². The van der Waals surface area contributed by atoms with Crippen LogP contribution in [-0.2, 0) is 10.8 Å². The van der Waals surface area contributed by atoms with Crippen LogP contribution < -0.4 is 5.32 Å². The predicted molar refractivity (Wildman–Crippen MR) is 80.1 cm³/mol. The van der Waals surface area contributed by atoms with E-state index in [2.05, 4.69) is 21.6 Å². The number of benzene rings is 1. The normalized spacial score (nSPS) is 14.1. The summed E-state index contributed by atoms with van der Waals surface area (Å²) in [4.78, 5) is 0. The molecule has 2 unspecified atom stereocenters. The molecule has 19 heavy (non-hydrogen) atoms. The van der Waals surface area contributed by atoms with Crippen molar-refractivity contribution in [3.05, 3.63) is 35.4 Å². The summed E-state index contributed by atoms with van der Waals surface area (Å²) >= 11 is 1.36. The van der Waals surface area contributed by atoms with E-state index >= 15 is 0 Å². The highest BCUT2D eigenvalue weighted by Crippen LogP contribution is 2.28. The Labute approximate surface area is 119 Å². The molecule has 2 aromatic rings. The topological polar surface area (TPSA) is 54.9 Å². The average molecular weight is 295 g/mol. The maximum absolute atomic E-state index is 12.5. The largest absolute Gasteiger partial charge is 0.360 e. The van der Waals surface area contributed by atoms with Gasteiger partial charge in [-0.25, -0.2) is 0 Å². The monoisotopic (exact) mass is 295 g/mol. The molecule has 0 bridgehead atoms. The van der Waals surface area contributed by atoms with Gasteiger partial charge in [0.2, 0.25) is 9.47 Å². The predicted octanol–water partition coefficient (Wildman–Crippen LogP) is 3.15. The van der Waals surface area contributed by atoms with Crippen LogP contribution in [0.5, 0.6) is 0 Å². The fourth-order valence-electron chi connectivity index (χ4n) is 1.71. The number of hydrogen-bond donors (Lipinski definition) is 1. The molecule has 0 spiro atoms. The second kappa shape index (κ2) is 6.25. The molecular formula is C13H17N3OS2. The summed E-state index contributed by atoms with van der Waals surface area (Å²) in [5.74, 6) is 0. The number of nitrogens with one attached hydrogen (secondary N) is 1. The molecule has 0 saturated heterocycles. The molecule has 1 aromatic carbocycles. The van der Waals surface area contributed by atoms with Crippen molar-refractivity contribution in [2.75, 3.05) is 11.9 Å². The lowest BCUT2D eigenvalue weighted by Gasteiger charge is -2.09. The molecule has 0 aliphatic carbocycles. The second-order valence-corrected chi connectivity index (χ2v) is 7.18. The van der Waals surface area contributed by atoms with E-state index < -0.39 is 10.8 Å². The number of rotatable bonds is 5. The zero-order valence-corrected chi connectivity index (χ0v) is 12.8. The van der Waals surface area contributed by atoms with E-state index in [0.29, 0.717) is 4.34 Å². The first-order chi connectivity index (χ1) is 9.11. The molecule has 2 rings (SSSR count). The lowest BCUT2D eigenvalue weighted by molar-refractivity contribution is 0.674. The summed E-state index contributed by atoms with van der Waals surface area (Å²) in [6, 6.07) is 8.09. The number of aromatic nitrogens is 2. The summed E-state index contributed by atoms with van der Waals surface area (Å²) in [7, 11) is -1.17. The van der Waals surface area contributed by atoms with Gasteiger partial charge in [-0.2, -0.15) is 0 Å². The van der Waals surface area contributed by atoms with Crippen molar-refractivity contribution in [2.45, 2.75) is 30.4 Å². The maximum atomic E-state index is 12.5. The van der Waals surface area contributed by atoms with Gasteiger partial charge < -0.3 is 5.32 Å². The Morgan fingerprint density at radius 2 is 2.21 bits per heavy atom. The van der Waals surface area contributed by atoms with Crippen LogP contribution >= 0.6 is 11.3 Å². The molecule has 0 amide bonds. The van der Waals surface area contributed by atoms with Crippen LogP contribution in [0.4, 0.5) is 5.13 Å². The van der Waals surface area contributed by atoms with Crippen LogP contribution in [0.1, 0.15) is 30.2 Å². The van der Waals surface area contributed by atoms with Crippen molar-refractivity contribution in [2.24, 2.45) is 0 Å². The van der Waals surface area contributed by atoms with Crippen molar-refractivity contribution >= 4 is 27.3 Å². The molecule has 1 heterocycles. The van der Waals surface area contributed by atoms with Crippen molar-refractivity contribution in [3.8, 4) is 0 Å². The number of aryl methyl sites for hydroxylation is 1. The first kappa shape index (κ1) is 14.1. The third-order valence-corrected chi connectivity index (χ3v) is 5.50. The molecule has 0 aliphatic rings. The van der Waals surface area contributed by atoms with E-state index in [0.717, 1.165) is 17.2 Å². The van der Waals surface area contributed by atoms with E-state index in [1.54, 1.807) is 0 Å². The van der Waals surface area contributed by atoms with Crippen molar-refractivity contribution in [1.29, 1.82) is 0 Å². The smallest absolute Gasteiger partial charge is 0.206 e. The molecule has 102 valence electrons. The van der Waals surface area contributed by atoms with Gasteiger partial charge in [0, 0.05) is 6.54 Å². The summed E-state index contributed by atoms with van der Waals surface area (Å²) in [5.41, 5.74) is 2.24. The van der Waals surface area contributed by atoms with Gasteiger partial charge in [-0.05, 0) is 26.3 Å². The van der Waals surface area contributed by atoms with Crippen LogP contribution in [0.2, 0.25) is 0 Å². The van der Waals surface area contributed by atoms with E-state index in [4.69, 9.17) is 0 Å². The molecule has 0 fully saturated rings. The minimum Gasteiger partial charge on any atom is -0.360 e. The van der Waals surface area contributed by atoms with Crippen LogP contribution in [0.25, 0.3) is 0 Å². The summed E-state index contributed by atoms with van der Waals surface area (Å²) in [5, 5.41) is 11.7. The van der Waals surface area contributed by atoms with Crippen molar-refractivity contribution < 1.29 is 4.21 Å². The molecule has 6 heteroatoms. The van der Waals surface area contributed by atoms with E-state index in [1.165, 1.54) is 16.9 Å². The van der Waals surface area contributed by atoms with E-state index in [9.17, 15) is 4.21 Å². The highest BCUT2D eigenvalue weighted by molar-refractivity contribution is 7.87. The molecule has 1 N–H and O–H groups in total. The van der Waals surface area contributed by atoms with Gasteiger partial charge in [0.05, 0.1) is 16.0 Å². The van der Waals surface area contributed by atoms with Gasteiger partial charge in [-0.3, -0.25) is 4.21 Å². The number of nitrogens with zero attached hydrogens (tertiary/aromatic N) is 2. The summed E-state index contributed by atoms with van der Waals surface area (Å²) < 4.78 is 13.0. The second-order valence-electron chi connectivity index (χ2n) is 4.26. The Balaban J connectivity index is 2.18. The Hall–Kier alpha value is -1.27. The average Bonchev–Trinajstić information content (AvgIpc) is 2.86. The van der Waals surface area contributed by atoms with Crippen molar-refractivity contribution in [1.82, 2.24) is 10.2 Å². The van der Waals surface area contributed by atoms with Crippen LogP contribution in [0.3, 0.4) is 0 Å². The fraction of sp³-hybridized carbons (Fsp3) is 0.385. The first-order valence-electron chi connectivity index (χ1n) is 6.16. The zero-order valence-electron chi connectivity index (χ0n) is 11.2. The van der Waals surface area contributed by atoms with Crippen molar-refractivity contribution in [3.63, 3.8) is 0 Å². The minimum absolute atomic E-state index is 0.0812. The third-order valence-electron chi connectivity index (χ3n) is 2.74. The minimum atomic E-state index is -1.17. The van der Waals surface area contributed by atoms with Crippen LogP contribution in [0, 0.1) is 6.92 Å². The Morgan fingerprint density at radius 1 is 1.42 bits per heavy atom. The van der Waals surface area contributed by atoms with Gasteiger partial charge in [0.1, 0.15) is 0 Å². The Kier molecular flexibility index (Phi) is 4.66. The summed E-state index contributed by atoms with van der Waals surface area (Å²) in [6.45, 7) is 6.77. The number of hydrogen-bond acceptors (Lipinski definition) is 5. The van der Waals surface area contributed by atoms with Gasteiger partial charge in [-0.1, -0.05) is 41.2 Å². The molecule has 1 aromatic heterocycles. The molecule has 2 atom stereocenters. The third kappa shape index (κ3) is 3.39. The lowest BCUT2D eigenvalue weighted by Crippen LogP contribution is -2.03. The first-order valence-corrected chi connectivity index (χ1v) is 8.19. The van der Waals surface area contributed by atoms with Gasteiger partial charge in [0.15, 0.2) is 0 Å². The Bertz CT molecular complexity index is 583. The summed E-state index contributed by atoms with van der Waals surface area (Å²) in [6.07, 6.45) is 0. The highest BCUT2D eigenvalue weighted by atomic mass is 32.2. The quantitative estimate of drug-likeness (QED) is 0.920. The maximum Gasteiger partial charge on any atom is 0.206 e. The standard InChI is InChI=1S/C13H17N3OS2/c1-4-14-12-15-16-13(18-12)19(17)10(3)11-7-5-6-9(2)8-11/h5-8,10H,4H2,1-3H3,(H,14,15). The lowest BCUT2D eigenvalue weighted by atomic mass is 10.1. The van der Waals surface area contributed by atoms with E-state index in [1.807, 2.05) is 39.0 Å². The van der Waals surface area contributed by atoms with E-state index in [-0.39, 0.29) is 5.25 Å².